The molecule has 0 saturated carbocycles. The standard InChI is InChI=1S/C16H20F3N5O/c1-10-5-11(2)24(22-10)9-15(25)20-6-12-3-4-14-21-13(16(17,18)19)8-23(14)7-12/h5,8,12H,3-4,6-7,9H2,1-2H3,(H,20,25)/t12-/m0/s1. The molecule has 1 aliphatic heterocycles. The van der Waals surface area contributed by atoms with Crippen molar-refractivity contribution in [1.82, 2.24) is 24.6 Å². The van der Waals surface area contributed by atoms with Crippen LogP contribution in [-0.4, -0.2) is 31.8 Å². The fourth-order valence-electron chi connectivity index (χ4n) is 3.10. The molecule has 0 unspecified atom stereocenters. The van der Waals surface area contributed by atoms with Crippen LogP contribution in [0.15, 0.2) is 12.3 Å². The SMILES string of the molecule is Cc1cc(C)n(CC(=O)NC[C@@H]2CCc3nc(C(F)(F)F)cn3C2)n1. The number of nitrogens with zero attached hydrogens (tertiary/aromatic N) is 4. The van der Waals surface area contributed by atoms with Crippen LogP contribution in [0.3, 0.4) is 0 Å². The van der Waals surface area contributed by atoms with Crippen LogP contribution >= 0.6 is 0 Å². The van der Waals surface area contributed by atoms with Crippen molar-refractivity contribution in [3.05, 3.63) is 35.2 Å². The van der Waals surface area contributed by atoms with E-state index in [2.05, 4.69) is 15.4 Å². The van der Waals surface area contributed by atoms with Gasteiger partial charge in [-0.25, -0.2) is 4.98 Å². The van der Waals surface area contributed by atoms with E-state index in [0.717, 1.165) is 17.6 Å². The molecular weight excluding hydrogens is 335 g/mol. The average molecular weight is 355 g/mol. The van der Waals surface area contributed by atoms with Crippen molar-refractivity contribution >= 4 is 5.91 Å². The van der Waals surface area contributed by atoms with E-state index in [1.807, 2.05) is 19.9 Å². The maximum atomic E-state index is 12.7. The van der Waals surface area contributed by atoms with Crippen molar-refractivity contribution in [3.63, 3.8) is 0 Å². The number of amides is 1. The number of rotatable bonds is 4. The van der Waals surface area contributed by atoms with Crippen LogP contribution in [0.4, 0.5) is 13.2 Å². The second-order valence-electron chi connectivity index (χ2n) is 6.49. The number of nitrogens with one attached hydrogen (secondary N) is 1. The molecule has 1 aliphatic rings. The number of aromatic nitrogens is 4. The fourth-order valence-corrected chi connectivity index (χ4v) is 3.10. The van der Waals surface area contributed by atoms with E-state index in [-0.39, 0.29) is 18.4 Å². The summed E-state index contributed by atoms with van der Waals surface area (Å²) in [6.07, 6.45) is -2.18. The Morgan fingerprint density at radius 3 is 2.80 bits per heavy atom. The minimum Gasteiger partial charge on any atom is -0.354 e. The zero-order chi connectivity index (χ0) is 18.2. The number of alkyl halides is 3. The van der Waals surface area contributed by atoms with Crippen molar-refractivity contribution in [2.45, 2.75) is 46.0 Å². The summed E-state index contributed by atoms with van der Waals surface area (Å²) in [6, 6.07) is 1.90. The number of aryl methyl sites for hydroxylation is 3. The molecule has 25 heavy (non-hydrogen) atoms. The lowest BCUT2D eigenvalue weighted by Crippen LogP contribution is -2.35. The summed E-state index contributed by atoms with van der Waals surface area (Å²) in [5.74, 6) is 0.392. The number of imidazole rings is 1. The third kappa shape index (κ3) is 4.02. The van der Waals surface area contributed by atoms with Crippen LogP contribution in [0, 0.1) is 19.8 Å². The molecule has 0 aromatic carbocycles. The molecule has 2 aromatic heterocycles. The fraction of sp³-hybridized carbons (Fsp3) is 0.562. The zero-order valence-corrected chi connectivity index (χ0v) is 14.1. The minimum absolute atomic E-state index is 0.0900. The Balaban J connectivity index is 1.54. The molecule has 0 bridgehead atoms. The molecule has 6 nitrogen and oxygen atoms in total. The van der Waals surface area contributed by atoms with Crippen LogP contribution in [0.1, 0.15) is 29.3 Å². The molecule has 3 heterocycles. The Bertz CT molecular complexity index is 777. The lowest BCUT2D eigenvalue weighted by atomic mass is 9.99. The number of hydrogen-bond acceptors (Lipinski definition) is 3. The van der Waals surface area contributed by atoms with Gasteiger partial charge in [0.1, 0.15) is 12.4 Å². The van der Waals surface area contributed by atoms with Crippen molar-refractivity contribution in [2.24, 2.45) is 5.92 Å². The van der Waals surface area contributed by atoms with Crippen molar-refractivity contribution in [2.75, 3.05) is 6.54 Å². The summed E-state index contributed by atoms with van der Waals surface area (Å²) in [5, 5.41) is 7.09. The smallest absolute Gasteiger partial charge is 0.354 e. The lowest BCUT2D eigenvalue weighted by Gasteiger charge is -2.23. The molecule has 1 N–H and O–H groups in total. The molecule has 0 saturated heterocycles. The van der Waals surface area contributed by atoms with Gasteiger partial charge in [0.25, 0.3) is 0 Å². The van der Waals surface area contributed by atoms with Gasteiger partial charge in [-0.05, 0) is 32.3 Å². The molecular formula is C16H20F3N5O. The Morgan fingerprint density at radius 1 is 1.40 bits per heavy atom. The predicted molar refractivity (Wildman–Crippen MR) is 83.8 cm³/mol. The van der Waals surface area contributed by atoms with Gasteiger partial charge in [-0.2, -0.15) is 18.3 Å². The summed E-state index contributed by atoms with van der Waals surface area (Å²) in [7, 11) is 0. The first-order valence-corrected chi connectivity index (χ1v) is 8.13. The van der Waals surface area contributed by atoms with Gasteiger partial charge in [-0.3, -0.25) is 9.48 Å². The van der Waals surface area contributed by atoms with E-state index in [1.165, 1.54) is 0 Å². The van der Waals surface area contributed by atoms with Crippen LogP contribution in [0.2, 0.25) is 0 Å². The predicted octanol–water partition coefficient (Wildman–Crippen LogP) is 2.09. The average Bonchev–Trinajstić information content (AvgIpc) is 3.07. The van der Waals surface area contributed by atoms with E-state index < -0.39 is 11.9 Å². The van der Waals surface area contributed by atoms with E-state index >= 15 is 0 Å². The normalized spacial score (nSPS) is 17.4. The van der Waals surface area contributed by atoms with Gasteiger partial charge in [-0.15, -0.1) is 0 Å². The Kier molecular flexibility index (Phi) is 4.57. The largest absolute Gasteiger partial charge is 0.434 e. The van der Waals surface area contributed by atoms with Crippen LogP contribution < -0.4 is 5.32 Å². The highest BCUT2D eigenvalue weighted by atomic mass is 19.4. The minimum atomic E-state index is -4.42. The second kappa shape index (κ2) is 6.53. The van der Waals surface area contributed by atoms with Gasteiger partial charge in [-0.1, -0.05) is 0 Å². The highest BCUT2D eigenvalue weighted by Crippen LogP contribution is 2.30. The van der Waals surface area contributed by atoms with Crippen LogP contribution in [0.5, 0.6) is 0 Å². The van der Waals surface area contributed by atoms with E-state index in [0.29, 0.717) is 31.8 Å². The topological polar surface area (TPSA) is 64.7 Å². The van der Waals surface area contributed by atoms with Crippen LogP contribution in [-0.2, 0) is 30.5 Å². The van der Waals surface area contributed by atoms with Gasteiger partial charge in [0.05, 0.1) is 5.69 Å². The highest BCUT2D eigenvalue weighted by molar-refractivity contribution is 5.75. The number of carbonyl (C=O) groups excluding carboxylic acids is 1. The number of carbonyl (C=O) groups is 1. The molecule has 136 valence electrons. The molecule has 1 atom stereocenters. The van der Waals surface area contributed by atoms with Gasteiger partial charge in [0.15, 0.2) is 5.69 Å². The monoisotopic (exact) mass is 355 g/mol. The first kappa shape index (κ1) is 17.5. The second-order valence-corrected chi connectivity index (χ2v) is 6.49. The molecule has 9 heteroatoms. The molecule has 2 aromatic rings. The molecule has 0 radical (unpaired) electrons. The lowest BCUT2D eigenvalue weighted by molar-refractivity contribution is -0.141. The molecule has 1 amide bonds. The van der Waals surface area contributed by atoms with E-state index in [9.17, 15) is 18.0 Å². The van der Waals surface area contributed by atoms with Crippen molar-refractivity contribution in [1.29, 1.82) is 0 Å². The van der Waals surface area contributed by atoms with Gasteiger partial charge >= 0.3 is 6.18 Å². The molecule has 0 aliphatic carbocycles. The molecule has 0 spiro atoms. The summed E-state index contributed by atoms with van der Waals surface area (Å²) in [4.78, 5) is 15.7. The number of fused-ring (bicyclic) bond motifs is 1. The Labute approximate surface area is 143 Å². The van der Waals surface area contributed by atoms with Crippen molar-refractivity contribution < 1.29 is 18.0 Å². The Hall–Kier alpha value is -2.32. The molecule has 3 rings (SSSR count). The number of halogens is 3. The summed E-state index contributed by atoms with van der Waals surface area (Å²) < 4.78 is 41.4. The Morgan fingerprint density at radius 2 is 2.16 bits per heavy atom. The highest BCUT2D eigenvalue weighted by Gasteiger charge is 2.35. The van der Waals surface area contributed by atoms with Gasteiger partial charge in [0.2, 0.25) is 5.91 Å². The summed E-state index contributed by atoms with van der Waals surface area (Å²) >= 11 is 0. The first-order valence-electron chi connectivity index (χ1n) is 8.13. The number of hydrogen-bond donors (Lipinski definition) is 1. The first-order chi connectivity index (χ1) is 11.7. The zero-order valence-electron chi connectivity index (χ0n) is 14.1. The molecule has 0 fully saturated rings. The van der Waals surface area contributed by atoms with Crippen molar-refractivity contribution in [3.8, 4) is 0 Å². The van der Waals surface area contributed by atoms with E-state index in [4.69, 9.17) is 0 Å². The maximum Gasteiger partial charge on any atom is 0.434 e. The van der Waals surface area contributed by atoms with Gasteiger partial charge < -0.3 is 9.88 Å². The van der Waals surface area contributed by atoms with E-state index in [1.54, 1.807) is 9.25 Å². The third-order valence-electron chi connectivity index (χ3n) is 4.37. The van der Waals surface area contributed by atoms with Crippen LogP contribution in [0.25, 0.3) is 0 Å². The quantitative estimate of drug-likeness (QED) is 0.913. The third-order valence-corrected chi connectivity index (χ3v) is 4.37. The maximum absolute atomic E-state index is 12.7. The summed E-state index contributed by atoms with van der Waals surface area (Å²) in [5.41, 5.74) is 0.912. The summed E-state index contributed by atoms with van der Waals surface area (Å²) in [6.45, 7) is 4.74. The van der Waals surface area contributed by atoms with Gasteiger partial charge in [0, 0.05) is 31.4 Å².